The van der Waals surface area contributed by atoms with Crippen molar-refractivity contribution in [2.75, 3.05) is 12.4 Å². The first kappa shape index (κ1) is 21.6. The molecular weight excluding hydrogens is 450 g/mol. The van der Waals surface area contributed by atoms with E-state index in [9.17, 15) is 4.79 Å². The summed E-state index contributed by atoms with van der Waals surface area (Å²) >= 11 is 6.21. The zero-order valence-electron chi connectivity index (χ0n) is 18.5. The number of hydrogen-bond acceptors (Lipinski definition) is 5. The van der Waals surface area contributed by atoms with Crippen LogP contribution in [0.25, 0.3) is 28.2 Å². The van der Waals surface area contributed by atoms with Crippen LogP contribution in [0.15, 0.2) is 79.0 Å². The fraction of sp³-hybridized carbons (Fsp3) is 0.0769. The van der Waals surface area contributed by atoms with Gasteiger partial charge in [-0.1, -0.05) is 35.4 Å². The molecule has 0 aliphatic rings. The summed E-state index contributed by atoms with van der Waals surface area (Å²) in [5, 5.41) is 7.68. The molecule has 1 N–H and O–H groups in total. The van der Waals surface area contributed by atoms with E-state index in [4.69, 9.17) is 21.3 Å². The van der Waals surface area contributed by atoms with Gasteiger partial charge >= 0.3 is 0 Å². The van der Waals surface area contributed by atoms with Gasteiger partial charge in [0.25, 0.3) is 5.91 Å². The largest absolute Gasteiger partial charge is 0.497 e. The van der Waals surface area contributed by atoms with Crippen LogP contribution in [0, 0.1) is 6.92 Å². The second kappa shape index (κ2) is 8.96. The topological polar surface area (TPSA) is 81.4 Å². The molecule has 8 heteroatoms. The second-order valence-corrected chi connectivity index (χ2v) is 8.10. The number of rotatable bonds is 5. The third-order valence-corrected chi connectivity index (χ3v) is 5.57. The van der Waals surface area contributed by atoms with Crippen LogP contribution in [0.2, 0.25) is 5.15 Å². The number of imidazole rings is 1. The van der Waals surface area contributed by atoms with Crippen molar-refractivity contribution in [1.29, 1.82) is 0 Å². The highest BCUT2D eigenvalue weighted by Crippen LogP contribution is 2.33. The number of hydrogen-bond donors (Lipinski definition) is 1. The lowest BCUT2D eigenvalue weighted by Gasteiger charge is -2.09. The predicted molar refractivity (Wildman–Crippen MR) is 132 cm³/mol. The number of anilines is 1. The van der Waals surface area contributed by atoms with Gasteiger partial charge in [-0.05, 0) is 61.5 Å². The molecule has 0 unspecified atom stereocenters. The Labute approximate surface area is 201 Å². The van der Waals surface area contributed by atoms with Crippen molar-refractivity contribution in [3.63, 3.8) is 0 Å². The minimum Gasteiger partial charge on any atom is -0.497 e. The first-order valence-electron chi connectivity index (χ1n) is 10.6. The predicted octanol–water partition coefficient (Wildman–Crippen LogP) is 5.68. The molecule has 0 saturated carbocycles. The number of amides is 1. The fourth-order valence-electron chi connectivity index (χ4n) is 3.74. The SMILES string of the molecule is COc1ccc(C(=O)Nc2cc(-c3c(-c4cccc(C)c4)nc4ccc(Cl)nn34)ccn2)cc1. The number of carbonyl (C=O) groups excluding carboxylic acids is 1. The molecule has 34 heavy (non-hydrogen) atoms. The molecule has 0 saturated heterocycles. The summed E-state index contributed by atoms with van der Waals surface area (Å²) in [6, 6.07) is 22.2. The van der Waals surface area contributed by atoms with Crippen LogP contribution in [0.3, 0.4) is 0 Å². The molecule has 0 aliphatic heterocycles. The Morgan fingerprint density at radius 1 is 1.00 bits per heavy atom. The number of fused-ring (bicyclic) bond motifs is 1. The molecule has 0 spiro atoms. The van der Waals surface area contributed by atoms with Crippen LogP contribution in [0.5, 0.6) is 5.75 Å². The van der Waals surface area contributed by atoms with E-state index in [-0.39, 0.29) is 5.91 Å². The first-order valence-corrected chi connectivity index (χ1v) is 10.9. The molecule has 0 aliphatic carbocycles. The van der Waals surface area contributed by atoms with E-state index in [1.165, 1.54) is 0 Å². The van der Waals surface area contributed by atoms with E-state index in [0.29, 0.717) is 27.9 Å². The van der Waals surface area contributed by atoms with Gasteiger partial charge in [-0.15, -0.1) is 0 Å². The highest BCUT2D eigenvalue weighted by atomic mass is 35.5. The zero-order valence-corrected chi connectivity index (χ0v) is 19.2. The summed E-state index contributed by atoms with van der Waals surface area (Å²) in [7, 11) is 1.58. The zero-order chi connectivity index (χ0) is 23.7. The average molecular weight is 470 g/mol. The Morgan fingerprint density at radius 2 is 1.82 bits per heavy atom. The molecular formula is C26H20ClN5O2. The van der Waals surface area contributed by atoms with E-state index in [1.54, 1.807) is 54.2 Å². The molecule has 3 heterocycles. The minimum absolute atomic E-state index is 0.273. The smallest absolute Gasteiger partial charge is 0.256 e. The van der Waals surface area contributed by atoms with E-state index >= 15 is 0 Å². The summed E-state index contributed by atoms with van der Waals surface area (Å²) in [6.07, 6.45) is 1.64. The van der Waals surface area contributed by atoms with Gasteiger partial charge in [0, 0.05) is 22.9 Å². The fourth-order valence-corrected chi connectivity index (χ4v) is 3.88. The van der Waals surface area contributed by atoms with Crippen molar-refractivity contribution < 1.29 is 9.53 Å². The van der Waals surface area contributed by atoms with Gasteiger partial charge < -0.3 is 10.1 Å². The molecule has 0 atom stereocenters. The molecule has 3 aromatic heterocycles. The van der Waals surface area contributed by atoms with E-state index in [0.717, 1.165) is 28.1 Å². The second-order valence-electron chi connectivity index (χ2n) is 7.72. The Morgan fingerprint density at radius 3 is 2.59 bits per heavy atom. The third-order valence-electron chi connectivity index (χ3n) is 5.36. The standard InChI is InChI=1S/C26H20ClN5O2/c1-16-4-3-5-18(14-16)24-25(32-23(30-24)11-10-21(27)31-32)19-12-13-28-22(15-19)29-26(33)17-6-8-20(34-2)9-7-17/h3-15H,1-2H3,(H,28,29,33). The van der Waals surface area contributed by atoms with Gasteiger partial charge in [-0.25, -0.2) is 14.5 Å². The molecule has 5 rings (SSSR count). The monoisotopic (exact) mass is 469 g/mol. The first-order chi connectivity index (χ1) is 16.5. The van der Waals surface area contributed by atoms with Gasteiger partial charge in [0.1, 0.15) is 22.4 Å². The molecule has 0 radical (unpaired) electrons. The Kier molecular flexibility index (Phi) is 5.69. The summed E-state index contributed by atoms with van der Waals surface area (Å²) in [6.45, 7) is 2.04. The van der Waals surface area contributed by atoms with Gasteiger partial charge in [0.15, 0.2) is 5.65 Å². The van der Waals surface area contributed by atoms with Crippen LogP contribution in [0.1, 0.15) is 15.9 Å². The van der Waals surface area contributed by atoms with Crippen molar-refractivity contribution in [2.45, 2.75) is 6.92 Å². The van der Waals surface area contributed by atoms with E-state index in [2.05, 4.69) is 21.5 Å². The number of aryl methyl sites for hydroxylation is 1. The lowest BCUT2D eigenvalue weighted by atomic mass is 10.0. The molecule has 1 amide bonds. The molecule has 0 fully saturated rings. The number of nitrogens with zero attached hydrogens (tertiary/aromatic N) is 4. The molecule has 168 valence electrons. The number of halogens is 1. The number of nitrogens with one attached hydrogen (secondary N) is 1. The van der Waals surface area contributed by atoms with Gasteiger partial charge in [-0.3, -0.25) is 4.79 Å². The van der Waals surface area contributed by atoms with Crippen LogP contribution in [0.4, 0.5) is 5.82 Å². The molecule has 0 bridgehead atoms. The van der Waals surface area contributed by atoms with Crippen LogP contribution >= 0.6 is 11.6 Å². The van der Waals surface area contributed by atoms with Gasteiger partial charge in [-0.2, -0.15) is 5.10 Å². The Balaban J connectivity index is 1.57. The van der Waals surface area contributed by atoms with Crippen molar-refractivity contribution in [3.8, 4) is 28.3 Å². The molecule has 5 aromatic rings. The molecule has 7 nitrogen and oxygen atoms in total. The summed E-state index contributed by atoms with van der Waals surface area (Å²) < 4.78 is 6.87. The number of aromatic nitrogens is 4. The third kappa shape index (κ3) is 4.21. The Hall–Kier alpha value is -4.23. The van der Waals surface area contributed by atoms with Crippen molar-refractivity contribution in [3.05, 3.63) is 95.3 Å². The average Bonchev–Trinajstić information content (AvgIpc) is 3.23. The van der Waals surface area contributed by atoms with Gasteiger partial charge in [0.05, 0.1) is 12.8 Å². The number of benzene rings is 2. The number of pyridine rings is 1. The van der Waals surface area contributed by atoms with Gasteiger partial charge in [0.2, 0.25) is 0 Å². The quantitative estimate of drug-likeness (QED) is 0.358. The highest BCUT2D eigenvalue weighted by Gasteiger charge is 2.18. The van der Waals surface area contributed by atoms with Crippen molar-refractivity contribution in [2.24, 2.45) is 0 Å². The minimum atomic E-state index is -0.273. The maximum atomic E-state index is 12.8. The maximum absolute atomic E-state index is 12.8. The number of methoxy groups -OCH3 is 1. The summed E-state index contributed by atoms with van der Waals surface area (Å²) in [5.74, 6) is 0.815. The molecule has 2 aromatic carbocycles. The maximum Gasteiger partial charge on any atom is 0.256 e. The van der Waals surface area contributed by atoms with Crippen molar-refractivity contribution in [1.82, 2.24) is 19.6 Å². The van der Waals surface area contributed by atoms with Crippen LogP contribution < -0.4 is 10.1 Å². The lowest BCUT2D eigenvalue weighted by Crippen LogP contribution is -2.12. The number of carbonyl (C=O) groups is 1. The lowest BCUT2D eigenvalue weighted by molar-refractivity contribution is 0.102. The highest BCUT2D eigenvalue weighted by molar-refractivity contribution is 6.29. The number of ether oxygens (including phenoxy) is 1. The van der Waals surface area contributed by atoms with Crippen LogP contribution in [-0.4, -0.2) is 32.6 Å². The summed E-state index contributed by atoms with van der Waals surface area (Å²) in [4.78, 5) is 21.9. The van der Waals surface area contributed by atoms with E-state index < -0.39 is 0 Å². The van der Waals surface area contributed by atoms with Crippen molar-refractivity contribution >= 4 is 29.0 Å². The Bertz CT molecular complexity index is 1510. The van der Waals surface area contributed by atoms with E-state index in [1.807, 2.05) is 37.3 Å². The van der Waals surface area contributed by atoms with Crippen LogP contribution in [-0.2, 0) is 0 Å². The summed E-state index contributed by atoms with van der Waals surface area (Å²) in [5.41, 5.74) is 5.54. The normalized spacial score (nSPS) is 10.9.